The molecule has 1 saturated heterocycles. The van der Waals surface area contributed by atoms with Gasteiger partial charge in [-0.2, -0.15) is 4.72 Å². The maximum absolute atomic E-state index is 13.8. The Morgan fingerprint density at radius 1 is 1.18 bits per heavy atom. The Labute approximate surface area is 223 Å². The number of likely N-dealkylation sites (N-methyl/N-ethyl adjacent to an activating group) is 1. The molecule has 0 saturated carbocycles. The maximum Gasteiger partial charge on any atom is 0.326 e. The molecule has 0 aromatic heterocycles. The normalized spacial score (nSPS) is 20.9. The summed E-state index contributed by atoms with van der Waals surface area (Å²) in [6, 6.07) is 9.45. The van der Waals surface area contributed by atoms with Crippen LogP contribution in [0, 0.1) is 11.3 Å². The zero-order chi connectivity index (χ0) is 27.6. The van der Waals surface area contributed by atoms with E-state index < -0.39 is 34.0 Å². The highest BCUT2D eigenvalue weighted by molar-refractivity contribution is 7.89. The van der Waals surface area contributed by atoms with E-state index in [0.29, 0.717) is 30.5 Å². The van der Waals surface area contributed by atoms with Crippen molar-refractivity contribution in [2.24, 2.45) is 11.7 Å². The third-order valence-electron chi connectivity index (χ3n) is 7.40. The molecule has 2 aromatic carbocycles. The van der Waals surface area contributed by atoms with Gasteiger partial charge in [-0.1, -0.05) is 31.2 Å². The quantitative estimate of drug-likeness (QED) is 0.292. The summed E-state index contributed by atoms with van der Waals surface area (Å²) in [6.07, 6.45) is 1.74. The van der Waals surface area contributed by atoms with Gasteiger partial charge < -0.3 is 20.6 Å². The van der Waals surface area contributed by atoms with Gasteiger partial charge in [0.05, 0.1) is 4.90 Å². The van der Waals surface area contributed by atoms with Crippen LogP contribution in [0.15, 0.2) is 47.4 Å². The standard InChI is InChI=1S/C27H35N5O5S/c1-17-8-11-32(24(12-17)27(34)35)26(33)23(14-18-4-3-5-20(13-18)25(28)29)30-38(36,37)22-7-6-19-9-10-31(2)16-21(19)15-22/h3-7,13,15,17,23-24,30H,8-12,14,16H2,1-2H3,(H3,28,29)(H,34,35)/t17-,23+,24-/m1/s1. The number of amides is 1. The lowest BCUT2D eigenvalue weighted by atomic mass is 9.91. The number of carbonyl (C=O) groups is 2. The second kappa shape index (κ2) is 11.2. The van der Waals surface area contributed by atoms with Crippen LogP contribution in [0.5, 0.6) is 0 Å². The number of nitrogens with one attached hydrogen (secondary N) is 2. The van der Waals surface area contributed by atoms with Crippen molar-refractivity contribution >= 4 is 27.7 Å². The Morgan fingerprint density at radius 3 is 2.66 bits per heavy atom. The first-order valence-corrected chi connectivity index (χ1v) is 14.2. The Morgan fingerprint density at radius 2 is 1.95 bits per heavy atom. The van der Waals surface area contributed by atoms with Crippen LogP contribution in [0.2, 0.25) is 0 Å². The minimum Gasteiger partial charge on any atom is -0.480 e. The number of piperidine rings is 1. The zero-order valence-electron chi connectivity index (χ0n) is 21.7. The summed E-state index contributed by atoms with van der Waals surface area (Å²) >= 11 is 0. The van der Waals surface area contributed by atoms with Crippen LogP contribution in [-0.2, 0) is 39.0 Å². The van der Waals surface area contributed by atoms with Crippen molar-refractivity contribution in [1.29, 1.82) is 5.41 Å². The summed E-state index contributed by atoms with van der Waals surface area (Å²) < 4.78 is 29.7. The molecule has 3 atom stereocenters. The molecule has 0 aliphatic carbocycles. The molecule has 4 rings (SSSR count). The van der Waals surface area contributed by atoms with Gasteiger partial charge in [0.1, 0.15) is 17.9 Å². The number of carboxylic acids is 1. The van der Waals surface area contributed by atoms with E-state index in [1.807, 2.05) is 20.0 Å². The van der Waals surface area contributed by atoms with Crippen LogP contribution in [0.25, 0.3) is 0 Å². The fourth-order valence-electron chi connectivity index (χ4n) is 5.22. The molecule has 2 aliphatic heterocycles. The molecule has 204 valence electrons. The number of nitrogens with two attached hydrogens (primary N) is 1. The van der Waals surface area contributed by atoms with Gasteiger partial charge in [-0.05, 0) is 73.5 Å². The second-order valence-electron chi connectivity index (χ2n) is 10.4. The number of carboxylic acid groups (broad SMARTS) is 1. The van der Waals surface area contributed by atoms with Gasteiger partial charge in [-0.3, -0.25) is 10.2 Å². The lowest BCUT2D eigenvalue weighted by Gasteiger charge is -2.38. The summed E-state index contributed by atoms with van der Waals surface area (Å²) in [4.78, 5) is 29.3. The van der Waals surface area contributed by atoms with E-state index in [4.69, 9.17) is 11.1 Å². The summed E-state index contributed by atoms with van der Waals surface area (Å²) in [5.41, 5.74) is 8.70. The molecular formula is C27H35N5O5S. The number of hydrogen-bond donors (Lipinski definition) is 4. The van der Waals surface area contributed by atoms with Gasteiger partial charge in [-0.25, -0.2) is 13.2 Å². The SMILES string of the molecule is C[C@@H]1CCN(C(=O)[C@H](Cc2cccc(C(=N)N)c2)NS(=O)(=O)c2ccc3c(c2)CN(C)CC3)[C@@H](C(=O)O)C1. The molecule has 1 amide bonds. The maximum atomic E-state index is 13.8. The van der Waals surface area contributed by atoms with Crippen molar-refractivity contribution in [2.75, 3.05) is 20.1 Å². The number of sulfonamides is 1. The van der Waals surface area contributed by atoms with E-state index in [1.165, 1.54) is 4.90 Å². The monoisotopic (exact) mass is 541 g/mol. The molecule has 11 heteroatoms. The van der Waals surface area contributed by atoms with Crippen LogP contribution in [0.4, 0.5) is 0 Å². The van der Waals surface area contributed by atoms with E-state index in [-0.39, 0.29) is 29.6 Å². The predicted octanol–water partition coefficient (Wildman–Crippen LogP) is 1.56. The third kappa shape index (κ3) is 6.23. The number of carbonyl (C=O) groups excluding carboxylic acids is 1. The molecule has 1 fully saturated rings. The molecule has 0 bridgehead atoms. The number of fused-ring (bicyclic) bond motifs is 1. The molecule has 5 N–H and O–H groups in total. The number of hydrogen-bond acceptors (Lipinski definition) is 6. The fourth-order valence-corrected chi connectivity index (χ4v) is 6.46. The van der Waals surface area contributed by atoms with Crippen molar-refractivity contribution in [3.63, 3.8) is 0 Å². The average molecular weight is 542 g/mol. The third-order valence-corrected chi connectivity index (χ3v) is 8.87. The molecule has 2 heterocycles. The Hall–Kier alpha value is -3.28. The molecule has 0 spiro atoms. The smallest absolute Gasteiger partial charge is 0.326 e. The van der Waals surface area contributed by atoms with Crippen molar-refractivity contribution in [3.05, 3.63) is 64.7 Å². The topological polar surface area (TPSA) is 157 Å². The van der Waals surface area contributed by atoms with Gasteiger partial charge in [-0.15, -0.1) is 0 Å². The number of rotatable bonds is 8. The van der Waals surface area contributed by atoms with Crippen LogP contribution < -0.4 is 10.5 Å². The highest BCUT2D eigenvalue weighted by Gasteiger charge is 2.39. The predicted molar refractivity (Wildman–Crippen MR) is 143 cm³/mol. The van der Waals surface area contributed by atoms with Crippen LogP contribution in [0.3, 0.4) is 0 Å². The molecular weight excluding hydrogens is 506 g/mol. The number of nitrogen functional groups attached to an aromatic ring is 1. The number of benzene rings is 2. The average Bonchev–Trinajstić information content (AvgIpc) is 2.87. The van der Waals surface area contributed by atoms with E-state index >= 15 is 0 Å². The van der Waals surface area contributed by atoms with Gasteiger partial charge in [0.15, 0.2) is 0 Å². The second-order valence-corrected chi connectivity index (χ2v) is 12.1. The largest absolute Gasteiger partial charge is 0.480 e. The zero-order valence-corrected chi connectivity index (χ0v) is 22.5. The number of likely N-dealkylation sites (tertiary alicyclic amines) is 1. The number of nitrogens with zero attached hydrogens (tertiary/aromatic N) is 2. The summed E-state index contributed by atoms with van der Waals surface area (Å²) in [7, 11) is -2.14. The molecule has 10 nitrogen and oxygen atoms in total. The summed E-state index contributed by atoms with van der Waals surface area (Å²) in [6.45, 7) is 3.70. The van der Waals surface area contributed by atoms with Gasteiger partial charge in [0.2, 0.25) is 15.9 Å². The van der Waals surface area contributed by atoms with Crippen LogP contribution in [0.1, 0.15) is 42.0 Å². The van der Waals surface area contributed by atoms with Crippen LogP contribution >= 0.6 is 0 Å². The van der Waals surface area contributed by atoms with E-state index in [2.05, 4.69) is 9.62 Å². The minimum absolute atomic E-state index is 0.0226. The van der Waals surface area contributed by atoms with Gasteiger partial charge in [0.25, 0.3) is 0 Å². The highest BCUT2D eigenvalue weighted by atomic mass is 32.2. The first-order chi connectivity index (χ1) is 17.9. The van der Waals surface area contributed by atoms with Crippen LogP contribution in [-0.4, -0.2) is 73.3 Å². The lowest BCUT2D eigenvalue weighted by molar-refractivity contribution is -0.153. The van der Waals surface area contributed by atoms with Crippen molar-refractivity contribution in [2.45, 2.75) is 56.1 Å². The van der Waals surface area contributed by atoms with Crippen molar-refractivity contribution in [1.82, 2.24) is 14.5 Å². The fraction of sp³-hybridized carbons (Fsp3) is 0.444. The van der Waals surface area contributed by atoms with E-state index in [1.54, 1.807) is 36.4 Å². The van der Waals surface area contributed by atoms with Gasteiger partial charge in [0, 0.05) is 25.2 Å². The summed E-state index contributed by atoms with van der Waals surface area (Å²) in [5.74, 6) is -1.70. The highest BCUT2D eigenvalue weighted by Crippen LogP contribution is 2.26. The number of amidine groups is 1. The van der Waals surface area contributed by atoms with Crippen molar-refractivity contribution in [3.8, 4) is 0 Å². The van der Waals surface area contributed by atoms with E-state index in [9.17, 15) is 23.1 Å². The number of aliphatic carboxylic acids is 1. The van der Waals surface area contributed by atoms with Gasteiger partial charge >= 0.3 is 5.97 Å². The summed E-state index contributed by atoms with van der Waals surface area (Å²) in [5, 5.41) is 17.5. The molecule has 2 aliphatic rings. The first kappa shape index (κ1) is 27.7. The Bertz CT molecular complexity index is 1350. The van der Waals surface area contributed by atoms with Crippen molar-refractivity contribution < 1.29 is 23.1 Å². The lowest BCUT2D eigenvalue weighted by Crippen LogP contribution is -2.57. The Kier molecular flexibility index (Phi) is 8.19. The first-order valence-electron chi connectivity index (χ1n) is 12.7. The van der Waals surface area contributed by atoms with E-state index in [0.717, 1.165) is 24.1 Å². The Balaban J connectivity index is 1.67. The molecule has 0 unspecified atom stereocenters. The molecule has 38 heavy (non-hydrogen) atoms. The molecule has 2 aromatic rings. The molecule has 0 radical (unpaired) electrons. The minimum atomic E-state index is -4.12.